The van der Waals surface area contributed by atoms with E-state index in [-0.39, 0.29) is 19.0 Å². The molecule has 0 aromatic heterocycles. The van der Waals surface area contributed by atoms with E-state index in [4.69, 9.17) is 4.74 Å². The van der Waals surface area contributed by atoms with Crippen LogP contribution in [0.4, 0.5) is 4.39 Å². The van der Waals surface area contributed by atoms with Gasteiger partial charge in [-0.15, -0.1) is 0 Å². The fourth-order valence-corrected chi connectivity index (χ4v) is 1.79. The van der Waals surface area contributed by atoms with E-state index >= 15 is 0 Å². The zero-order chi connectivity index (χ0) is 14.4. The summed E-state index contributed by atoms with van der Waals surface area (Å²) in [5.41, 5.74) is 2.90. The van der Waals surface area contributed by atoms with Crippen LogP contribution >= 0.6 is 0 Å². The maximum absolute atomic E-state index is 13.9. The number of hydrogen-bond donors (Lipinski definition) is 0. The first-order valence-electron chi connectivity index (χ1n) is 6.25. The first-order valence-corrected chi connectivity index (χ1v) is 6.25. The molecule has 0 unspecified atom stereocenters. The molecule has 104 valence electrons. The molecular weight excluding hydrogens is 259 g/mol. The van der Waals surface area contributed by atoms with E-state index in [1.807, 2.05) is 31.2 Å². The molecule has 20 heavy (non-hydrogen) atoms. The summed E-state index contributed by atoms with van der Waals surface area (Å²) in [4.78, 5) is 9.96. The van der Waals surface area contributed by atoms with Crippen molar-refractivity contribution in [1.82, 2.24) is 0 Å². The Labute approximate surface area is 117 Å². The monoisotopic (exact) mass is 274 g/mol. The van der Waals surface area contributed by atoms with E-state index < -0.39 is 5.82 Å². The number of benzene rings is 2. The fraction of sp³-hybridized carbons (Fsp3) is 0.188. The Morgan fingerprint density at radius 1 is 1.05 bits per heavy atom. The SMILES string of the molecule is Cc1ccc(-c2ccc(OCCOC=O)c(F)c2)cc1. The van der Waals surface area contributed by atoms with Gasteiger partial charge in [0.2, 0.25) is 0 Å². The summed E-state index contributed by atoms with van der Waals surface area (Å²) in [5, 5.41) is 0. The topological polar surface area (TPSA) is 35.5 Å². The molecule has 3 nitrogen and oxygen atoms in total. The Morgan fingerprint density at radius 3 is 2.40 bits per heavy atom. The summed E-state index contributed by atoms with van der Waals surface area (Å²) in [7, 11) is 0. The lowest BCUT2D eigenvalue weighted by molar-refractivity contribution is -0.129. The molecule has 0 saturated carbocycles. The molecule has 0 aliphatic carbocycles. The van der Waals surface area contributed by atoms with Gasteiger partial charge in [-0.1, -0.05) is 35.9 Å². The Bertz CT molecular complexity index is 579. The number of carbonyl (C=O) groups is 1. The van der Waals surface area contributed by atoms with Crippen LogP contribution in [0.3, 0.4) is 0 Å². The minimum absolute atomic E-state index is 0.0999. The van der Waals surface area contributed by atoms with E-state index in [9.17, 15) is 9.18 Å². The van der Waals surface area contributed by atoms with Crippen molar-refractivity contribution in [2.75, 3.05) is 13.2 Å². The molecule has 2 rings (SSSR count). The standard InChI is InChI=1S/C16H15FO3/c1-12-2-4-13(5-3-12)14-6-7-16(15(17)10-14)20-9-8-19-11-18/h2-7,10-11H,8-9H2,1H3. The Hall–Kier alpha value is -2.36. The van der Waals surface area contributed by atoms with Gasteiger partial charge in [-0.2, -0.15) is 0 Å². The van der Waals surface area contributed by atoms with E-state index in [2.05, 4.69) is 4.74 Å². The number of hydrogen-bond acceptors (Lipinski definition) is 3. The summed E-state index contributed by atoms with van der Waals surface area (Å²) in [6.45, 7) is 2.56. The summed E-state index contributed by atoms with van der Waals surface area (Å²) in [6, 6.07) is 12.7. The molecule has 0 atom stereocenters. The second-order valence-electron chi connectivity index (χ2n) is 4.33. The minimum atomic E-state index is -0.436. The molecule has 0 N–H and O–H groups in total. The average molecular weight is 274 g/mol. The van der Waals surface area contributed by atoms with Crippen LogP contribution in [0.1, 0.15) is 5.56 Å². The molecular formula is C16H15FO3. The second kappa shape index (κ2) is 6.70. The largest absolute Gasteiger partial charge is 0.487 e. The van der Waals surface area contributed by atoms with Crippen LogP contribution in [0.25, 0.3) is 11.1 Å². The van der Waals surface area contributed by atoms with Crippen molar-refractivity contribution < 1.29 is 18.7 Å². The molecule has 0 heterocycles. The average Bonchev–Trinajstić information content (AvgIpc) is 2.46. The van der Waals surface area contributed by atoms with Crippen LogP contribution in [0.2, 0.25) is 0 Å². The van der Waals surface area contributed by atoms with Crippen LogP contribution in [0.15, 0.2) is 42.5 Å². The van der Waals surface area contributed by atoms with Crippen molar-refractivity contribution in [2.45, 2.75) is 6.92 Å². The van der Waals surface area contributed by atoms with Gasteiger partial charge in [0.05, 0.1) is 0 Å². The molecule has 0 bridgehead atoms. The lowest BCUT2D eigenvalue weighted by Crippen LogP contribution is -2.06. The molecule has 0 aliphatic rings. The van der Waals surface area contributed by atoms with Crippen molar-refractivity contribution in [3.63, 3.8) is 0 Å². The Kier molecular flexibility index (Phi) is 4.71. The minimum Gasteiger partial charge on any atom is -0.487 e. The zero-order valence-corrected chi connectivity index (χ0v) is 11.1. The maximum Gasteiger partial charge on any atom is 0.293 e. The van der Waals surface area contributed by atoms with Gasteiger partial charge in [0.1, 0.15) is 13.2 Å². The summed E-state index contributed by atoms with van der Waals surface area (Å²) in [5.74, 6) is -0.287. The van der Waals surface area contributed by atoms with E-state index in [0.717, 1.165) is 16.7 Å². The molecule has 0 saturated heterocycles. The second-order valence-corrected chi connectivity index (χ2v) is 4.33. The highest BCUT2D eigenvalue weighted by molar-refractivity contribution is 5.64. The third kappa shape index (κ3) is 3.57. The van der Waals surface area contributed by atoms with Crippen LogP contribution in [0.5, 0.6) is 5.75 Å². The van der Waals surface area contributed by atoms with Gasteiger partial charge in [-0.3, -0.25) is 4.79 Å². The number of halogens is 1. The Balaban J connectivity index is 2.09. The first kappa shape index (κ1) is 14.1. The van der Waals surface area contributed by atoms with Crippen LogP contribution in [-0.4, -0.2) is 19.7 Å². The highest BCUT2D eigenvalue weighted by atomic mass is 19.1. The van der Waals surface area contributed by atoms with Gasteiger partial charge in [0.15, 0.2) is 11.6 Å². The van der Waals surface area contributed by atoms with Gasteiger partial charge in [-0.05, 0) is 30.2 Å². The van der Waals surface area contributed by atoms with E-state index in [1.165, 1.54) is 6.07 Å². The van der Waals surface area contributed by atoms with Gasteiger partial charge in [0, 0.05) is 0 Å². The molecule has 2 aromatic rings. The van der Waals surface area contributed by atoms with Crippen molar-refractivity contribution in [2.24, 2.45) is 0 Å². The molecule has 0 amide bonds. The maximum atomic E-state index is 13.9. The van der Waals surface area contributed by atoms with Gasteiger partial charge >= 0.3 is 0 Å². The number of carbonyl (C=O) groups excluding carboxylic acids is 1. The smallest absolute Gasteiger partial charge is 0.293 e. The van der Waals surface area contributed by atoms with Crippen LogP contribution < -0.4 is 4.74 Å². The molecule has 0 spiro atoms. The van der Waals surface area contributed by atoms with E-state index in [1.54, 1.807) is 12.1 Å². The molecule has 0 radical (unpaired) electrons. The molecule has 0 fully saturated rings. The normalized spacial score (nSPS) is 10.1. The zero-order valence-electron chi connectivity index (χ0n) is 11.1. The van der Waals surface area contributed by atoms with Crippen molar-refractivity contribution in [1.29, 1.82) is 0 Å². The third-order valence-corrected chi connectivity index (χ3v) is 2.84. The fourth-order valence-electron chi connectivity index (χ4n) is 1.79. The van der Waals surface area contributed by atoms with Gasteiger partial charge in [0.25, 0.3) is 6.47 Å². The lowest BCUT2D eigenvalue weighted by Gasteiger charge is -2.08. The van der Waals surface area contributed by atoms with Crippen molar-refractivity contribution in [3.05, 3.63) is 53.8 Å². The van der Waals surface area contributed by atoms with Crippen molar-refractivity contribution >= 4 is 6.47 Å². The van der Waals surface area contributed by atoms with E-state index in [0.29, 0.717) is 6.47 Å². The summed E-state index contributed by atoms with van der Waals surface area (Å²) < 4.78 is 23.6. The third-order valence-electron chi connectivity index (χ3n) is 2.84. The predicted molar refractivity (Wildman–Crippen MR) is 74.1 cm³/mol. The van der Waals surface area contributed by atoms with Gasteiger partial charge in [-0.25, -0.2) is 4.39 Å². The summed E-state index contributed by atoms with van der Waals surface area (Å²) in [6.07, 6.45) is 0. The Morgan fingerprint density at radius 2 is 1.75 bits per heavy atom. The number of ether oxygens (including phenoxy) is 2. The van der Waals surface area contributed by atoms with Crippen LogP contribution in [-0.2, 0) is 9.53 Å². The number of rotatable bonds is 6. The van der Waals surface area contributed by atoms with Crippen LogP contribution in [0, 0.1) is 12.7 Å². The molecule has 2 aromatic carbocycles. The highest BCUT2D eigenvalue weighted by Gasteiger charge is 2.06. The highest BCUT2D eigenvalue weighted by Crippen LogP contribution is 2.25. The number of aryl methyl sites for hydroxylation is 1. The predicted octanol–water partition coefficient (Wildman–Crippen LogP) is 3.35. The van der Waals surface area contributed by atoms with Gasteiger partial charge < -0.3 is 9.47 Å². The van der Waals surface area contributed by atoms with Crippen molar-refractivity contribution in [3.8, 4) is 16.9 Å². The first-order chi connectivity index (χ1) is 9.70. The molecule has 0 aliphatic heterocycles. The molecule has 4 heteroatoms. The lowest BCUT2D eigenvalue weighted by atomic mass is 10.0. The summed E-state index contributed by atoms with van der Waals surface area (Å²) >= 11 is 0. The quantitative estimate of drug-likeness (QED) is 0.598.